The molecule has 1 heterocycles. The number of nitrogens with zero attached hydrogens (tertiary/aromatic N) is 2. The van der Waals surface area contributed by atoms with Crippen LogP contribution in [-0.4, -0.2) is 28.0 Å². The molecule has 0 aliphatic heterocycles. The molecule has 1 aliphatic rings. The molecule has 1 aliphatic carbocycles. The highest BCUT2D eigenvalue weighted by Crippen LogP contribution is 2.20. The summed E-state index contributed by atoms with van der Waals surface area (Å²) in [7, 11) is 0. The van der Waals surface area contributed by atoms with Gasteiger partial charge in [-0.25, -0.2) is 4.98 Å². The molecule has 0 radical (unpaired) electrons. The molecule has 1 fully saturated rings. The van der Waals surface area contributed by atoms with Crippen molar-refractivity contribution in [1.82, 2.24) is 14.9 Å². The van der Waals surface area contributed by atoms with Gasteiger partial charge in [0.15, 0.2) is 0 Å². The topological polar surface area (TPSA) is 72.9 Å². The van der Waals surface area contributed by atoms with Crippen molar-refractivity contribution in [3.63, 3.8) is 0 Å². The lowest BCUT2D eigenvalue weighted by Crippen LogP contribution is -2.33. The van der Waals surface area contributed by atoms with Crippen LogP contribution in [0.4, 0.5) is 0 Å². The smallest absolute Gasteiger partial charge is 0.243 e. The van der Waals surface area contributed by atoms with Crippen molar-refractivity contribution in [3.05, 3.63) is 18.2 Å². The number of carbonyl (C=O) groups excluding carboxylic acids is 1. The van der Waals surface area contributed by atoms with Gasteiger partial charge in [0.05, 0.1) is 6.33 Å². The van der Waals surface area contributed by atoms with Crippen LogP contribution in [0.1, 0.15) is 31.5 Å². The van der Waals surface area contributed by atoms with Crippen molar-refractivity contribution < 1.29 is 4.79 Å². The molecule has 0 spiro atoms. The number of hydrogen-bond acceptors (Lipinski definition) is 3. The van der Waals surface area contributed by atoms with Crippen LogP contribution in [0, 0.1) is 0 Å². The van der Waals surface area contributed by atoms with Crippen molar-refractivity contribution in [2.24, 2.45) is 5.73 Å². The number of amides is 1. The number of nitrogens with two attached hydrogens (primary N) is 1. The zero-order chi connectivity index (χ0) is 11.5. The quantitative estimate of drug-likeness (QED) is 0.748. The van der Waals surface area contributed by atoms with Gasteiger partial charge in [0.2, 0.25) is 5.91 Å². The fourth-order valence-corrected chi connectivity index (χ4v) is 1.70. The van der Waals surface area contributed by atoms with E-state index in [2.05, 4.69) is 10.3 Å². The first-order valence-electron chi connectivity index (χ1n) is 5.73. The zero-order valence-corrected chi connectivity index (χ0v) is 9.52. The number of rotatable bonds is 5. The van der Waals surface area contributed by atoms with E-state index in [4.69, 9.17) is 5.73 Å². The summed E-state index contributed by atoms with van der Waals surface area (Å²) in [5.74, 6) is 0.0683. The summed E-state index contributed by atoms with van der Waals surface area (Å²) < 4.78 is 1.89. The average Bonchev–Trinajstić information content (AvgIpc) is 2.95. The van der Waals surface area contributed by atoms with E-state index in [0.29, 0.717) is 12.6 Å². The molecule has 0 bridgehead atoms. The maximum Gasteiger partial charge on any atom is 0.243 e. The molecular weight excluding hydrogens is 204 g/mol. The van der Waals surface area contributed by atoms with Crippen LogP contribution in [-0.2, 0) is 11.2 Å². The van der Waals surface area contributed by atoms with E-state index in [1.54, 1.807) is 12.5 Å². The SMILES string of the molecule is CC(C(=O)NC1CC1)n1cncc1CCN. The Kier molecular flexibility index (Phi) is 3.24. The van der Waals surface area contributed by atoms with E-state index < -0.39 is 0 Å². The highest BCUT2D eigenvalue weighted by molar-refractivity contribution is 5.80. The Morgan fingerprint density at radius 2 is 2.50 bits per heavy atom. The third-order valence-corrected chi connectivity index (χ3v) is 2.87. The molecule has 3 N–H and O–H groups in total. The molecular formula is C11H18N4O. The van der Waals surface area contributed by atoms with Crippen molar-refractivity contribution in [3.8, 4) is 0 Å². The van der Waals surface area contributed by atoms with Gasteiger partial charge >= 0.3 is 0 Å². The Hall–Kier alpha value is -1.36. The number of carbonyl (C=O) groups is 1. The van der Waals surface area contributed by atoms with E-state index in [1.807, 2.05) is 11.5 Å². The second-order valence-electron chi connectivity index (χ2n) is 4.29. The standard InChI is InChI=1S/C11H18N4O/c1-8(11(16)14-9-2-3-9)15-7-13-6-10(15)4-5-12/h6-9H,2-5,12H2,1H3,(H,14,16). The molecule has 16 heavy (non-hydrogen) atoms. The Bertz CT molecular complexity index is 370. The first-order valence-corrected chi connectivity index (χ1v) is 5.73. The number of hydrogen-bond donors (Lipinski definition) is 2. The highest BCUT2D eigenvalue weighted by Gasteiger charge is 2.26. The summed E-state index contributed by atoms with van der Waals surface area (Å²) in [6.07, 6.45) is 6.44. The van der Waals surface area contributed by atoms with Crippen molar-refractivity contribution in [2.75, 3.05) is 6.54 Å². The number of nitrogens with one attached hydrogen (secondary N) is 1. The lowest BCUT2D eigenvalue weighted by atomic mass is 10.2. The molecule has 5 heteroatoms. The molecule has 5 nitrogen and oxygen atoms in total. The predicted molar refractivity (Wildman–Crippen MR) is 60.9 cm³/mol. The maximum absolute atomic E-state index is 11.9. The molecule has 1 amide bonds. The molecule has 0 saturated heterocycles. The minimum atomic E-state index is -0.204. The molecule has 0 aromatic carbocycles. The molecule has 1 aromatic heterocycles. The summed E-state index contributed by atoms with van der Waals surface area (Å²) in [4.78, 5) is 15.9. The lowest BCUT2D eigenvalue weighted by molar-refractivity contribution is -0.124. The Balaban J connectivity index is 2.03. The van der Waals surface area contributed by atoms with Crippen LogP contribution in [0.2, 0.25) is 0 Å². The predicted octanol–water partition coefficient (Wildman–Crippen LogP) is 0.224. The molecule has 1 unspecified atom stereocenters. The van der Waals surface area contributed by atoms with Crippen molar-refractivity contribution in [1.29, 1.82) is 0 Å². The van der Waals surface area contributed by atoms with E-state index in [1.165, 1.54) is 0 Å². The van der Waals surface area contributed by atoms with E-state index in [9.17, 15) is 4.79 Å². The zero-order valence-electron chi connectivity index (χ0n) is 9.52. The second-order valence-corrected chi connectivity index (χ2v) is 4.29. The van der Waals surface area contributed by atoms with Gasteiger partial charge in [0.25, 0.3) is 0 Å². The van der Waals surface area contributed by atoms with Crippen LogP contribution in [0.5, 0.6) is 0 Å². The van der Waals surface area contributed by atoms with Gasteiger partial charge < -0.3 is 15.6 Å². The van der Waals surface area contributed by atoms with Gasteiger partial charge in [-0.1, -0.05) is 0 Å². The summed E-state index contributed by atoms with van der Waals surface area (Å²) >= 11 is 0. The Labute approximate surface area is 95.0 Å². The van der Waals surface area contributed by atoms with Crippen molar-refractivity contribution in [2.45, 2.75) is 38.3 Å². The maximum atomic E-state index is 11.9. The van der Waals surface area contributed by atoms with Crippen LogP contribution >= 0.6 is 0 Å². The summed E-state index contributed by atoms with van der Waals surface area (Å²) in [6.45, 7) is 2.46. The van der Waals surface area contributed by atoms with Crippen LogP contribution < -0.4 is 11.1 Å². The largest absolute Gasteiger partial charge is 0.352 e. The molecule has 88 valence electrons. The Morgan fingerprint density at radius 1 is 1.75 bits per heavy atom. The first-order chi connectivity index (χ1) is 7.72. The van der Waals surface area contributed by atoms with Gasteiger partial charge in [-0.05, 0) is 26.3 Å². The van der Waals surface area contributed by atoms with E-state index in [0.717, 1.165) is 25.0 Å². The summed E-state index contributed by atoms with van der Waals surface area (Å²) in [6, 6.07) is 0.195. The minimum absolute atomic E-state index is 0.0683. The third-order valence-electron chi connectivity index (χ3n) is 2.87. The minimum Gasteiger partial charge on any atom is -0.352 e. The van der Waals surface area contributed by atoms with Gasteiger partial charge in [0, 0.05) is 24.4 Å². The first kappa shape index (κ1) is 11.1. The summed E-state index contributed by atoms with van der Waals surface area (Å²) in [5.41, 5.74) is 6.53. The van der Waals surface area contributed by atoms with Gasteiger partial charge in [-0.3, -0.25) is 4.79 Å². The lowest BCUT2D eigenvalue weighted by Gasteiger charge is -2.15. The van der Waals surface area contributed by atoms with Gasteiger partial charge in [0.1, 0.15) is 6.04 Å². The van der Waals surface area contributed by atoms with Crippen LogP contribution in [0.25, 0.3) is 0 Å². The van der Waals surface area contributed by atoms with E-state index >= 15 is 0 Å². The average molecular weight is 222 g/mol. The molecule has 1 saturated carbocycles. The normalized spacial score (nSPS) is 17.1. The van der Waals surface area contributed by atoms with Crippen molar-refractivity contribution >= 4 is 5.91 Å². The molecule has 2 rings (SSSR count). The fraction of sp³-hybridized carbons (Fsp3) is 0.636. The number of aromatic nitrogens is 2. The molecule has 1 aromatic rings. The highest BCUT2D eigenvalue weighted by atomic mass is 16.2. The molecule has 1 atom stereocenters. The monoisotopic (exact) mass is 222 g/mol. The summed E-state index contributed by atoms with van der Waals surface area (Å²) in [5, 5.41) is 2.99. The van der Waals surface area contributed by atoms with Crippen LogP contribution in [0.15, 0.2) is 12.5 Å². The van der Waals surface area contributed by atoms with Gasteiger partial charge in [-0.2, -0.15) is 0 Å². The van der Waals surface area contributed by atoms with E-state index in [-0.39, 0.29) is 11.9 Å². The second kappa shape index (κ2) is 4.65. The third kappa shape index (κ3) is 2.41. The van der Waals surface area contributed by atoms with Gasteiger partial charge in [-0.15, -0.1) is 0 Å². The van der Waals surface area contributed by atoms with Crippen LogP contribution in [0.3, 0.4) is 0 Å². The Morgan fingerprint density at radius 3 is 3.12 bits per heavy atom. The number of imidazole rings is 1. The fourth-order valence-electron chi connectivity index (χ4n) is 1.70.